The first-order chi connectivity index (χ1) is 14.5. The summed E-state index contributed by atoms with van der Waals surface area (Å²) in [6.07, 6.45) is 0.165. The van der Waals surface area contributed by atoms with Crippen molar-refractivity contribution in [3.8, 4) is 0 Å². The van der Waals surface area contributed by atoms with Crippen molar-refractivity contribution in [2.45, 2.75) is 12.3 Å². The molecule has 0 fully saturated rings. The van der Waals surface area contributed by atoms with Crippen molar-refractivity contribution < 1.29 is 9.18 Å². The first-order valence-corrected chi connectivity index (χ1v) is 10.6. The molecule has 0 bridgehead atoms. The van der Waals surface area contributed by atoms with Gasteiger partial charge in [-0.15, -0.1) is 11.3 Å². The number of fused-ring (bicyclic) bond motifs is 2. The lowest BCUT2D eigenvalue weighted by molar-refractivity contribution is -0.118. The molecule has 5 rings (SSSR count). The van der Waals surface area contributed by atoms with E-state index in [4.69, 9.17) is 11.6 Å². The number of hydrogen-bond acceptors (Lipinski definition) is 3. The van der Waals surface area contributed by atoms with E-state index >= 15 is 0 Å². The van der Waals surface area contributed by atoms with Crippen molar-refractivity contribution in [1.29, 1.82) is 0 Å². The SMILES string of the molecule is O=C1CC(c2ccc(Cl)cc2)c2c(sc3cc(F)ccc3c2=O)N1c1ccccc1. The molecule has 148 valence electrons. The van der Waals surface area contributed by atoms with Crippen molar-refractivity contribution in [1.82, 2.24) is 0 Å². The molecule has 1 aromatic heterocycles. The van der Waals surface area contributed by atoms with Gasteiger partial charge in [-0.05, 0) is 48.0 Å². The number of anilines is 2. The molecule has 2 heterocycles. The van der Waals surface area contributed by atoms with Crippen LogP contribution in [0.1, 0.15) is 23.5 Å². The number of rotatable bonds is 2. The molecule has 3 aromatic carbocycles. The zero-order valence-corrected chi connectivity index (χ0v) is 17.2. The summed E-state index contributed by atoms with van der Waals surface area (Å²) in [5.41, 5.74) is 1.93. The lowest BCUT2D eigenvalue weighted by Gasteiger charge is -2.33. The Balaban J connectivity index is 1.82. The summed E-state index contributed by atoms with van der Waals surface area (Å²) in [6, 6.07) is 20.6. The molecule has 1 amide bonds. The van der Waals surface area contributed by atoms with E-state index in [9.17, 15) is 14.0 Å². The maximum atomic E-state index is 13.9. The van der Waals surface area contributed by atoms with Crippen molar-refractivity contribution in [3.63, 3.8) is 0 Å². The first-order valence-electron chi connectivity index (χ1n) is 9.42. The highest BCUT2D eigenvalue weighted by Crippen LogP contribution is 2.45. The summed E-state index contributed by atoms with van der Waals surface area (Å²) in [4.78, 5) is 28.4. The van der Waals surface area contributed by atoms with Crippen LogP contribution in [0.4, 0.5) is 15.1 Å². The number of carbonyl (C=O) groups is 1. The summed E-state index contributed by atoms with van der Waals surface area (Å²) >= 11 is 7.30. The fourth-order valence-electron chi connectivity index (χ4n) is 3.94. The molecule has 0 spiro atoms. The monoisotopic (exact) mass is 435 g/mol. The van der Waals surface area contributed by atoms with Crippen LogP contribution in [0.2, 0.25) is 5.02 Å². The molecule has 4 aromatic rings. The first kappa shape index (κ1) is 19.0. The second-order valence-electron chi connectivity index (χ2n) is 7.16. The van der Waals surface area contributed by atoms with Gasteiger partial charge in [0.1, 0.15) is 10.8 Å². The molecule has 1 atom stereocenters. The lowest BCUT2D eigenvalue weighted by Crippen LogP contribution is -2.35. The number of amides is 1. The third kappa shape index (κ3) is 3.11. The average Bonchev–Trinajstić information content (AvgIpc) is 2.74. The summed E-state index contributed by atoms with van der Waals surface area (Å²) < 4.78 is 14.4. The number of halogens is 2. The normalized spacial score (nSPS) is 16.0. The van der Waals surface area contributed by atoms with E-state index in [1.54, 1.807) is 17.0 Å². The number of nitrogens with zero attached hydrogens (tertiary/aromatic N) is 1. The molecule has 1 aliphatic rings. The third-order valence-electron chi connectivity index (χ3n) is 5.34. The van der Waals surface area contributed by atoms with Gasteiger partial charge in [0.05, 0.1) is 0 Å². The Bertz CT molecular complexity index is 1340. The van der Waals surface area contributed by atoms with E-state index < -0.39 is 5.82 Å². The van der Waals surface area contributed by atoms with Crippen LogP contribution in [0.25, 0.3) is 10.1 Å². The zero-order chi connectivity index (χ0) is 20.8. The Morgan fingerprint density at radius 2 is 1.70 bits per heavy atom. The molecule has 0 saturated carbocycles. The lowest BCUT2D eigenvalue weighted by atomic mass is 9.85. The predicted molar refractivity (Wildman–Crippen MR) is 120 cm³/mol. The van der Waals surface area contributed by atoms with Gasteiger partial charge in [0.15, 0.2) is 5.43 Å². The van der Waals surface area contributed by atoms with Gasteiger partial charge < -0.3 is 0 Å². The van der Waals surface area contributed by atoms with E-state index in [2.05, 4.69) is 0 Å². The van der Waals surface area contributed by atoms with Gasteiger partial charge in [-0.3, -0.25) is 14.5 Å². The van der Waals surface area contributed by atoms with Crippen molar-refractivity contribution in [2.24, 2.45) is 0 Å². The Morgan fingerprint density at radius 3 is 2.43 bits per heavy atom. The molecule has 1 unspecified atom stereocenters. The molecule has 0 aliphatic carbocycles. The van der Waals surface area contributed by atoms with Crippen LogP contribution in [-0.4, -0.2) is 5.91 Å². The van der Waals surface area contributed by atoms with E-state index in [-0.39, 0.29) is 23.7 Å². The standard InChI is InChI=1S/C24H15ClFNO2S/c25-15-8-6-14(7-9-15)19-13-21(28)27(17-4-2-1-3-5-17)24-22(19)23(29)18-11-10-16(26)12-20(18)30-24/h1-12,19H,13H2. The van der Waals surface area contributed by atoms with Crippen LogP contribution in [0, 0.1) is 5.82 Å². The minimum absolute atomic E-state index is 0.111. The summed E-state index contributed by atoms with van der Waals surface area (Å²) in [7, 11) is 0. The third-order valence-corrected chi connectivity index (χ3v) is 6.74. The highest BCUT2D eigenvalue weighted by molar-refractivity contribution is 7.22. The smallest absolute Gasteiger partial charge is 0.233 e. The molecule has 6 heteroatoms. The van der Waals surface area contributed by atoms with Crippen LogP contribution < -0.4 is 10.3 Å². The van der Waals surface area contributed by atoms with Crippen molar-refractivity contribution in [3.05, 3.63) is 105 Å². The van der Waals surface area contributed by atoms with Crippen LogP contribution in [0.3, 0.4) is 0 Å². The molecule has 30 heavy (non-hydrogen) atoms. The Kier molecular flexibility index (Phi) is 4.65. The molecule has 3 nitrogen and oxygen atoms in total. The second kappa shape index (κ2) is 7.35. The van der Waals surface area contributed by atoms with Crippen molar-refractivity contribution in [2.75, 3.05) is 4.90 Å². The van der Waals surface area contributed by atoms with Gasteiger partial charge in [0.25, 0.3) is 0 Å². The minimum atomic E-state index is -0.416. The van der Waals surface area contributed by atoms with E-state index in [0.29, 0.717) is 31.4 Å². The highest BCUT2D eigenvalue weighted by Gasteiger charge is 2.36. The van der Waals surface area contributed by atoms with Gasteiger partial charge in [-0.25, -0.2) is 4.39 Å². The van der Waals surface area contributed by atoms with Gasteiger partial charge >= 0.3 is 0 Å². The molecule has 0 radical (unpaired) electrons. The fourth-order valence-corrected chi connectivity index (χ4v) is 5.36. The summed E-state index contributed by atoms with van der Waals surface area (Å²) in [5.74, 6) is -0.913. The number of para-hydroxylation sites is 1. The predicted octanol–water partition coefficient (Wildman–Crippen LogP) is 6.25. The zero-order valence-electron chi connectivity index (χ0n) is 15.6. The number of benzene rings is 3. The molecule has 0 saturated heterocycles. The summed E-state index contributed by atoms with van der Waals surface area (Å²) in [5, 5.41) is 1.59. The van der Waals surface area contributed by atoms with Crippen LogP contribution in [0.15, 0.2) is 77.6 Å². The maximum Gasteiger partial charge on any atom is 0.233 e. The van der Waals surface area contributed by atoms with Crippen LogP contribution in [0.5, 0.6) is 0 Å². The molecule has 1 aliphatic heterocycles. The van der Waals surface area contributed by atoms with Crippen LogP contribution >= 0.6 is 22.9 Å². The Labute approximate surface area is 181 Å². The van der Waals surface area contributed by atoms with E-state index in [1.807, 2.05) is 42.5 Å². The van der Waals surface area contributed by atoms with E-state index in [0.717, 1.165) is 5.56 Å². The molecular formula is C24H15ClFNO2S. The Hall–Kier alpha value is -3.02. The summed E-state index contributed by atoms with van der Waals surface area (Å²) in [6.45, 7) is 0. The van der Waals surface area contributed by atoms with Gasteiger partial charge in [-0.1, -0.05) is 41.9 Å². The highest BCUT2D eigenvalue weighted by atomic mass is 35.5. The quantitative estimate of drug-likeness (QED) is 0.373. The van der Waals surface area contributed by atoms with Crippen LogP contribution in [-0.2, 0) is 4.79 Å². The molecular weight excluding hydrogens is 421 g/mol. The maximum absolute atomic E-state index is 13.9. The second-order valence-corrected chi connectivity index (χ2v) is 8.63. The number of carbonyl (C=O) groups excluding carboxylic acids is 1. The number of hydrogen-bond donors (Lipinski definition) is 0. The Morgan fingerprint density at radius 1 is 0.967 bits per heavy atom. The van der Waals surface area contributed by atoms with Gasteiger partial charge in [0.2, 0.25) is 5.91 Å². The topological polar surface area (TPSA) is 37.4 Å². The van der Waals surface area contributed by atoms with Crippen molar-refractivity contribution >= 4 is 49.6 Å². The average molecular weight is 436 g/mol. The minimum Gasteiger partial charge on any atom is -0.289 e. The molecule has 0 N–H and O–H groups in total. The van der Waals surface area contributed by atoms with Gasteiger partial charge in [0, 0.05) is 38.7 Å². The van der Waals surface area contributed by atoms with Gasteiger partial charge in [-0.2, -0.15) is 0 Å². The van der Waals surface area contributed by atoms with E-state index in [1.165, 1.54) is 29.5 Å². The largest absolute Gasteiger partial charge is 0.289 e. The fraction of sp³-hybridized carbons (Fsp3) is 0.0833.